The van der Waals surface area contributed by atoms with Gasteiger partial charge < -0.3 is 10.2 Å². The lowest BCUT2D eigenvalue weighted by molar-refractivity contribution is -0.157. The number of carbonyl (C=O) groups excluding carboxylic acids is 2. The standard InChI is InChI=1S/C18H20F3N5O2/c1-11-5-12(2)26(24-11)15-4-3-13(7-22-15)8-23-17(28)14-6-16(27)25(9-14)10-18(19,20)21/h3-5,7,14H,6,8-10H2,1-2H3,(H,23,28)/t14-/m0/s1. The number of nitrogens with zero attached hydrogens (tertiary/aromatic N) is 4. The monoisotopic (exact) mass is 395 g/mol. The van der Waals surface area contributed by atoms with Crippen molar-refractivity contribution in [2.45, 2.75) is 33.0 Å². The Morgan fingerprint density at radius 2 is 2.07 bits per heavy atom. The Bertz CT molecular complexity index is 876. The molecule has 2 aromatic rings. The van der Waals surface area contributed by atoms with Gasteiger partial charge in [-0.25, -0.2) is 9.67 Å². The minimum absolute atomic E-state index is 0.174. The van der Waals surface area contributed by atoms with E-state index in [4.69, 9.17) is 0 Å². The van der Waals surface area contributed by atoms with Gasteiger partial charge in [-0.1, -0.05) is 6.07 Å². The van der Waals surface area contributed by atoms with E-state index in [1.54, 1.807) is 23.0 Å². The van der Waals surface area contributed by atoms with Gasteiger partial charge in [0.15, 0.2) is 5.82 Å². The van der Waals surface area contributed by atoms with Crippen LogP contribution in [0.1, 0.15) is 23.4 Å². The number of carbonyl (C=O) groups is 2. The lowest BCUT2D eigenvalue weighted by Gasteiger charge is -2.18. The predicted molar refractivity (Wildman–Crippen MR) is 93.4 cm³/mol. The van der Waals surface area contributed by atoms with Crippen LogP contribution < -0.4 is 5.32 Å². The van der Waals surface area contributed by atoms with E-state index in [0.29, 0.717) is 10.7 Å². The van der Waals surface area contributed by atoms with Crippen molar-refractivity contribution in [2.75, 3.05) is 13.1 Å². The number of hydrogen-bond donors (Lipinski definition) is 1. The van der Waals surface area contributed by atoms with E-state index in [2.05, 4.69) is 15.4 Å². The molecule has 28 heavy (non-hydrogen) atoms. The fourth-order valence-electron chi connectivity index (χ4n) is 3.16. The number of hydrogen-bond acceptors (Lipinski definition) is 4. The first kappa shape index (κ1) is 19.8. The third-order valence-corrected chi connectivity index (χ3v) is 4.46. The molecule has 0 aliphatic carbocycles. The van der Waals surface area contributed by atoms with Gasteiger partial charge in [-0.15, -0.1) is 0 Å². The lowest BCUT2D eigenvalue weighted by atomic mass is 10.1. The van der Waals surface area contributed by atoms with Crippen LogP contribution in [-0.4, -0.2) is 50.7 Å². The van der Waals surface area contributed by atoms with Crippen LogP contribution in [0.5, 0.6) is 0 Å². The first-order valence-electron chi connectivity index (χ1n) is 8.73. The lowest BCUT2D eigenvalue weighted by Crippen LogP contribution is -2.37. The minimum Gasteiger partial charge on any atom is -0.352 e. The summed E-state index contributed by atoms with van der Waals surface area (Å²) in [6, 6.07) is 5.49. The molecule has 7 nitrogen and oxygen atoms in total. The number of alkyl halides is 3. The summed E-state index contributed by atoms with van der Waals surface area (Å²) in [6.45, 7) is 2.43. The van der Waals surface area contributed by atoms with E-state index < -0.39 is 30.5 Å². The maximum Gasteiger partial charge on any atom is 0.406 e. The smallest absolute Gasteiger partial charge is 0.352 e. The molecule has 2 amide bonds. The van der Waals surface area contributed by atoms with Gasteiger partial charge in [-0.3, -0.25) is 9.59 Å². The van der Waals surface area contributed by atoms with Gasteiger partial charge in [-0.05, 0) is 31.5 Å². The van der Waals surface area contributed by atoms with E-state index >= 15 is 0 Å². The van der Waals surface area contributed by atoms with Crippen LogP contribution in [0, 0.1) is 19.8 Å². The summed E-state index contributed by atoms with van der Waals surface area (Å²) >= 11 is 0. The topological polar surface area (TPSA) is 80.1 Å². The first-order valence-corrected chi connectivity index (χ1v) is 8.73. The van der Waals surface area contributed by atoms with Crippen LogP contribution in [-0.2, 0) is 16.1 Å². The summed E-state index contributed by atoms with van der Waals surface area (Å²) in [5.41, 5.74) is 2.55. The Balaban J connectivity index is 1.55. The fraction of sp³-hybridized carbons (Fsp3) is 0.444. The highest BCUT2D eigenvalue weighted by Crippen LogP contribution is 2.24. The van der Waals surface area contributed by atoms with Gasteiger partial charge in [0, 0.05) is 31.4 Å². The van der Waals surface area contributed by atoms with Crippen molar-refractivity contribution in [1.82, 2.24) is 25.0 Å². The van der Waals surface area contributed by atoms with Crippen molar-refractivity contribution in [1.29, 1.82) is 0 Å². The number of rotatable bonds is 5. The average Bonchev–Trinajstić information content (AvgIpc) is 3.13. The SMILES string of the molecule is Cc1cc(C)n(-c2ccc(CNC(=O)[C@H]3CC(=O)N(CC(F)(F)F)C3)cn2)n1. The van der Waals surface area contributed by atoms with Crippen LogP contribution in [0.25, 0.3) is 5.82 Å². The third-order valence-electron chi connectivity index (χ3n) is 4.46. The van der Waals surface area contributed by atoms with Crippen molar-refractivity contribution in [3.63, 3.8) is 0 Å². The second kappa shape index (κ2) is 7.61. The van der Waals surface area contributed by atoms with E-state index in [1.165, 1.54) is 0 Å². The van der Waals surface area contributed by atoms with Crippen LogP contribution in [0.3, 0.4) is 0 Å². The van der Waals surface area contributed by atoms with Crippen LogP contribution in [0.2, 0.25) is 0 Å². The number of halogens is 3. The van der Waals surface area contributed by atoms with Crippen molar-refractivity contribution in [3.05, 3.63) is 41.3 Å². The predicted octanol–water partition coefficient (Wildman–Crippen LogP) is 1.91. The number of aromatic nitrogens is 3. The molecule has 3 heterocycles. The molecular weight excluding hydrogens is 375 g/mol. The van der Waals surface area contributed by atoms with E-state index in [1.807, 2.05) is 19.9 Å². The van der Waals surface area contributed by atoms with E-state index in [9.17, 15) is 22.8 Å². The Labute approximate surface area is 159 Å². The summed E-state index contributed by atoms with van der Waals surface area (Å²) < 4.78 is 39.1. The molecule has 10 heteroatoms. The zero-order valence-corrected chi connectivity index (χ0v) is 15.5. The summed E-state index contributed by atoms with van der Waals surface area (Å²) in [5.74, 6) is -1.24. The summed E-state index contributed by atoms with van der Waals surface area (Å²) in [4.78, 5) is 28.9. The van der Waals surface area contributed by atoms with Crippen LogP contribution in [0.15, 0.2) is 24.4 Å². The Morgan fingerprint density at radius 1 is 1.32 bits per heavy atom. The molecule has 1 fully saturated rings. The Hall–Kier alpha value is -2.91. The van der Waals surface area contributed by atoms with Crippen molar-refractivity contribution in [3.8, 4) is 5.82 Å². The molecule has 1 N–H and O–H groups in total. The van der Waals surface area contributed by atoms with Gasteiger partial charge in [0.05, 0.1) is 11.6 Å². The molecule has 1 atom stereocenters. The molecule has 0 saturated carbocycles. The maximum atomic E-state index is 12.5. The molecular formula is C18H20F3N5O2. The number of pyridine rings is 1. The fourth-order valence-corrected chi connectivity index (χ4v) is 3.16. The van der Waals surface area contributed by atoms with E-state index in [0.717, 1.165) is 17.0 Å². The van der Waals surface area contributed by atoms with Gasteiger partial charge in [0.1, 0.15) is 6.54 Å². The number of nitrogens with one attached hydrogen (secondary N) is 1. The average molecular weight is 395 g/mol. The molecule has 0 unspecified atom stereocenters. The van der Waals surface area contributed by atoms with Gasteiger partial charge in [0.2, 0.25) is 11.8 Å². The largest absolute Gasteiger partial charge is 0.406 e. The summed E-state index contributed by atoms with van der Waals surface area (Å²) in [5, 5.41) is 7.00. The number of amides is 2. The van der Waals surface area contributed by atoms with Crippen LogP contribution >= 0.6 is 0 Å². The molecule has 1 aliphatic heterocycles. The highest BCUT2D eigenvalue weighted by Gasteiger charge is 2.40. The molecule has 1 saturated heterocycles. The molecule has 0 aromatic carbocycles. The van der Waals surface area contributed by atoms with E-state index in [-0.39, 0.29) is 19.5 Å². The molecule has 0 bridgehead atoms. The highest BCUT2D eigenvalue weighted by molar-refractivity contribution is 5.89. The first-order chi connectivity index (χ1) is 13.1. The molecule has 3 rings (SSSR count). The Kier molecular flexibility index (Phi) is 5.39. The maximum absolute atomic E-state index is 12.5. The number of aryl methyl sites for hydroxylation is 2. The second-order valence-corrected chi connectivity index (χ2v) is 6.87. The zero-order chi connectivity index (χ0) is 20.5. The van der Waals surface area contributed by atoms with Gasteiger partial charge in [-0.2, -0.15) is 18.3 Å². The van der Waals surface area contributed by atoms with Gasteiger partial charge >= 0.3 is 6.18 Å². The zero-order valence-electron chi connectivity index (χ0n) is 15.5. The molecule has 150 valence electrons. The molecule has 0 spiro atoms. The van der Waals surface area contributed by atoms with Gasteiger partial charge in [0.25, 0.3) is 0 Å². The Morgan fingerprint density at radius 3 is 2.64 bits per heavy atom. The highest BCUT2D eigenvalue weighted by atomic mass is 19.4. The molecule has 0 radical (unpaired) electrons. The van der Waals surface area contributed by atoms with Crippen molar-refractivity contribution >= 4 is 11.8 Å². The molecule has 1 aliphatic rings. The summed E-state index contributed by atoms with van der Waals surface area (Å²) in [7, 11) is 0. The molecule has 2 aromatic heterocycles. The normalized spacial score (nSPS) is 17.2. The van der Waals surface area contributed by atoms with Crippen LogP contribution in [0.4, 0.5) is 13.2 Å². The van der Waals surface area contributed by atoms with Crippen molar-refractivity contribution < 1.29 is 22.8 Å². The second-order valence-electron chi connectivity index (χ2n) is 6.87. The quantitative estimate of drug-likeness (QED) is 0.839. The third kappa shape index (κ3) is 4.68. The number of likely N-dealkylation sites (tertiary alicyclic amines) is 1. The minimum atomic E-state index is -4.47. The van der Waals surface area contributed by atoms with Crippen molar-refractivity contribution in [2.24, 2.45) is 5.92 Å². The summed E-state index contributed by atoms with van der Waals surface area (Å²) in [6.07, 6.45) is -3.08.